The van der Waals surface area contributed by atoms with Crippen molar-refractivity contribution >= 4 is 5.78 Å². The molecule has 0 amide bonds. The zero-order chi connectivity index (χ0) is 10.7. The third-order valence-corrected chi connectivity index (χ3v) is 2.57. The first-order chi connectivity index (χ1) is 7.27. The lowest BCUT2D eigenvalue weighted by Crippen LogP contribution is -2.06. The minimum atomic E-state index is 0.124. The van der Waals surface area contributed by atoms with Crippen LogP contribution in [0, 0.1) is 5.92 Å². The van der Waals surface area contributed by atoms with Crippen molar-refractivity contribution in [1.82, 2.24) is 0 Å². The van der Waals surface area contributed by atoms with Crippen LogP contribution in [0.25, 0.3) is 0 Å². The van der Waals surface area contributed by atoms with E-state index in [-0.39, 0.29) is 5.78 Å². The van der Waals surface area contributed by atoms with E-state index in [1.807, 2.05) is 36.4 Å². The first-order valence-corrected chi connectivity index (χ1v) is 5.25. The molecule has 1 aliphatic rings. The lowest BCUT2D eigenvalue weighted by atomic mass is 9.93. The molecule has 1 unspecified atom stereocenters. The molecular formula is C14H14O. The first kappa shape index (κ1) is 9.91. The average molecular weight is 198 g/mol. The van der Waals surface area contributed by atoms with Crippen LogP contribution < -0.4 is 0 Å². The SMILES string of the molecule is CC1C=C(C(=O)c2ccccc2)C=CC1. The van der Waals surface area contributed by atoms with Crippen molar-refractivity contribution in [3.63, 3.8) is 0 Å². The Bertz CT molecular complexity index is 412. The van der Waals surface area contributed by atoms with E-state index < -0.39 is 0 Å². The molecule has 0 aliphatic heterocycles. The van der Waals surface area contributed by atoms with Crippen LogP contribution >= 0.6 is 0 Å². The molecule has 76 valence electrons. The van der Waals surface area contributed by atoms with Crippen LogP contribution in [0.2, 0.25) is 0 Å². The third-order valence-electron chi connectivity index (χ3n) is 2.57. The van der Waals surface area contributed by atoms with Crippen molar-refractivity contribution in [2.24, 2.45) is 5.92 Å². The number of carbonyl (C=O) groups excluding carboxylic acids is 1. The maximum Gasteiger partial charge on any atom is 0.192 e. The van der Waals surface area contributed by atoms with Gasteiger partial charge in [-0.2, -0.15) is 0 Å². The Kier molecular flexibility index (Phi) is 2.82. The summed E-state index contributed by atoms with van der Waals surface area (Å²) < 4.78 is 0. The lowest BCUT2D eigenvalue weighted by molar-refractivity contribution is 0.103. The summed E-state index contributed by atoms with van der Waals surface area (Å²) in [6, 6.07) is 9.42. The van der Waals surface area contributed by atoms with E-state index in [9.17, 15) is 4.79 Å². The maximum atomic E-state index is 12.0. The molecule has 1 aromatic rings. The summed E-state index contributed by atoms with van der Waals surface area (Å²) in [4.78, 5) is 12.0. The highest BCUT2D eigenvalue weighted by atomic mass is 16.1. The van der Waals surface area contributed by atoms with E-state index >= 15 is 0 Å². The number of carbonyl (C=O) groups is 1. The van der Waals surface area contributed by atoms with Gasteiger partial charge in [-0.05, 0) is 12.3 Å². The highest BCUT2D eigenvalue weighted by Gasteiger charge is 2.12. The van der Waals surface area contributed by atoms with Crippen molar-refractivity contribution in [2.45, 2.75) is 13.3 Å². The van der Waals surface area contributed by atoms with E-state index in [2.05, 4.69) is 19.1 Å². The highest BCUT2D eigenvalue weighted by molar-refractivity contribution is 6.10. The fourth-order valence-electron chi connectivity index (χ4n) is 1.75. The molecule has 0 spiro atoms. The molecule has 0 saturated heterocycles. The standard InChI is InChI=1S/C14H14O/c1-11-6-5-9-13(10-11)14(15)12-7-3-2-4-8-12/h2-5,7-11H,6H2,1H3. The Hall–Kier alpha value is -1.63. The summed E-state index contributed by atoms with van der Waals surface area (Å²) in [7, 11) is 0. The van der Waals surface area contributed by atoms with Crippen LogP contribution in [0.4, 0.5) is 0 Å². The summed E-state index contributed by atoms with van der Waals surface area (Å²) in [6.45, 7) is 2.13. The fourth-order valence-corrected chi connectivity index (χ4v) is 1.75. The number of allylic oxidation sites excluding steroid dienone is 4. The van der Waals surface area contributed by atoms with Crippen LogP contribution in [0.15, 0.2) is 54.1 Å². The molecule has 1 aromatic carbocycles. The van der Waals surface area contributed by atoms with Gasteiger partial charge in [0.05, 0.1) is 0 Å². The van der Waals surface area contributed by atoms with Crippen molar-refractivity contribution in [3.8, 4) is 0 Å². The molecule has 0 radical (unpaired) electrons. The van der Waals surface area contributed by atoms with Gasteiger partial charge in [-0.3, -0.25) is 4.79 Å². The zero-order valence-electron chi connectivity index (χ0n) is 8.81. The molecule has 1 atom stereocenters. The van der Waals surface area contributed by atoms with Gasteiger partial charge in [0, 0.05) is 11.1 Å². The first-order valence-electron chi connectivity index (χ1n) is 5.25. The largest absolute Gasteiger partial charge is 0.289 e. The molecule has 0 fully saturated rings. The van der Waals surface area contributed by atoms with Gasteiger partial charge >= 0.3 is 0 Å². The van der Waals surface area contributed by atoms with Crippen LogP contribution in [-0.4, -0.2) is 5.78 Å². The second-order valence-electron chi connectivity index (χ2n) is 3.93. The smallest absolute Gasteiger partial charge is 0.192 e. The van der Waals surface area contributed by atoms with Crippen molar-refractivity contribution in [2.75, 3.05) is 0 Å². The number of rotatable bonds is 2. The molecule has 1 heteroatoms. The second-order valence-corrected chi connectivity index (χ2v) is 3.93. The van der Waals surface area contributed by atoms with Gasteiger partial charge in [0.25, 0.3) is 0 Å². The number of hydrogen-bond acceptors (Lipinski definition) is 1. The minimum absolute atomic E-state index is 0.124. The van der Waals surface area contributed by atoms with E-state index in [4.69, 9.17) is 0 Å². The van der Waals surface area contributed by atoms with E-state index in [0.29, 0.717) is 5.92 Å². The summed E-state index contributed by atoms with van der Waals surface area (Å²) in [5, 5.41) is 0. The van der Waals surface area contributed by atoms with E-state index in [1.165, 1.54) is 0 Å². The van der Waals surface area contributed by atoms with Gasteiger partial charge in [0.1, 0.15) is 0 Å². The topological polar surface area (TPSA) is 17.1 Å². The van der Waals surface area contributed by atoms with E-state index in [1.54, 1.807) is 0 Å². The van der Waals surface area contributed by atoms with Crippen LogP contribution in [-0.2, 0) is 0 Å². The molecule has 0 N–H and O–H groups in total. The van der Waals surface area contributed by atoms with Crippen LogP contribution in [0.1, 0.15) is 23.7 Å². The van der Waals surface area contributed by atoms with Crippen molar-refractivity contribution < 1.29 is 4.79 Å². The molecule has 0 bridgehead atoms. The maximum absolute atomic E-state index is 12.0. The second kappa shape index (κ2) is 4.26. The molecule has 1 aliphatic carbocycles. The molecular weight excluding hydrogens is 184 g/mol. The summed E-state index contributed by atoms with van der Waals surface area (Å²) in [6.07, 6.45) is 7.08. The van der Waals surface area contributed by atoms with Gasteiger partial charge < -0.3 is 0 Å². The quantitative estimate of drug-likeness (QED) is 0.666. The monoisotopic (exact) mass is 198 g/mol. The molecule has 2 rings (SSSR count). The summed E-state index contributed by atoms with van der Waals surface area (Å²) in [5.74, 6) is 0.594. The Morgan fingerprint density at radius 3 is 2.67 bits per heavy atom. The normalized spacial score (nSPS) is 19.8. The van der Waals surface area contributed by atoms with Gasteiger partial charge in [0.15, 0.2) is 5.78 Å². The Balaban J connectivity index is 2.26. The number of benzene rings is 1. The van der Waals surface area contributed by atoms with Gasteiger partial charge in [-0.15, -0.1) is 0 Å². The average Bonchev–Trinajstić information content (AvgIpc) is 2.29. The van der Waals surface area contributed by atoms with Crippen molar-refractivity contribution in [1.29, 1.82) is 0 Å². The van der Waals surface area contributed by atoms with Gasteiger partial charge in [0.2, 0.25) is 0 Å². The molecule has 15 heavy (non-hydrogen) atoms. The molecule has 1 nitrogen and oxygen atoms in total. The predicted octanol–water partition coefficient (Wildman–Crippen LogP) is 3.39. The molecule has 0 saturated carbocycles. The summed E-state index contributed by atoms with van der Waals surface area (Å²) in [5.41, 5.74) is 1.59. The van der Waals surface area contributed by atoms with Crippen LogP contribution in [0.3, 0.4) is 0 Å². The van der Waals surface area contributed by atoms with E-state index in [0.717, 1.165) is 17.6 Å². The molecule has 0 aromatic heterocycles. The minimum Gasteiger partial charge on any atom is -0.289 e. The number of ketones is 1. The Labute approximate surface area is 90.1 Å². The highest BCUT2D eigenvalue weighted by Crippen LogP contribution is 2.19. The number of hydrogen-bond donors (Lipinski definition) is 0. The third kappa shape index (κ3) is 2.24. The lowest BCUT2D eigenvalue weighted by Gasteiger charge is -2.11. The Morgan fingerprint density at radius 1 is 1.27 bits per heavy atom. The zero-order valence-corrected chi connectivity index (χ0v) is 8.81. The number of Topliss-reactive ketones (excluding diaryl/α,β-unsaturated/α-hetero) is 1. The Morgan fingerprint density at radius 2 is 2.00 bits per heavy atom. The summed E-state index contributed by atoms with van der Waals surface area (Å²) >= 11 is 0. The molecule has 0 heterocycles. The van der Waals surface area contributed by atoms with Crippen molar-refractivity contribution in [3.05, 3.63) is 59.7 Å². The van der Waals surface area contributed by atoms with Gasteiger partial charge in [-0.1, -0.05) is 55.5 Å². The van der Waals surface area contributed by atoms with Gasteiger partial charge in [-0.25, -0.2) is 0 Å². The fraction of sp³-hybridized carbons (Fsp3) is 0.214. The predicted molar refractivity (Wildman–Crippen MR) is 61.8 cm³/mol. The van der Waals surface area contributed by atoms with Crippen LogP contribution in [0.5, 0.6) is 0 Å².